The van der Waals surface area contributed by atoms with Crippen molar-refractivity contribution < 1.29 is 12.8 Å². The molecule has 76 valence electrons. The van der Waals surface area contributed by atoms with Gasteiger partial charge in [-0.25, -0.2) is 8.42 Å². The van der Waals surface area contributed by atoms with Crippen LogP contribution in [-0.4, -0.2) is 13.4 Å². The molecule has 0 spiro atoms. The molecule has 1 unspecified atom stereocenters. The van der Waals surface area contributed by atoms with E-state index in [1.807, 2.05) is 0 Å². The normalized spacial score (nSPS) is 21.6. The van der Waals surface area contributed by atoms with Gasteiger partial charge in [-0.1, -0.05) is 11.8 Å². The largest absolute Gasteiger partial charge is 0.363 e. The van der Waals surface area contributed by atoms with Crippen LogP contribution < -0.4 is 0 Å². The van der Waals surface area contributed by atoms with Crippen LogP contribution in [0, 0.1) is 0 Å². The topological polar surface area (TPSA) is 49.9 Å². The summed E-state index contributed by atoms with van der Waals surface area (Å²) in [7, 11) is -2.55. The lowest BCUT2D eigenvalue weighted by molar-refractivity contribution is 0.614. The summed E-state index contributed by atoms with van der Waals surface area (Å²) in [5.41, 5.74) is 0.758. The Morgan fingerprint density at radius 2 is 2.36 bits per heavy atom. The van der Waals surface area contributed by atoms with E-state index in [0.717, 1.165) is 17.5 Å². The van der Waals surface area contributed by atoms with Crippen LogP contribution in [0.25, 0.3) is 0 Å². The molecule has 1 N–H and O–H groups in total. The second-order valence-electron chi connectivity index (χ2n) is 2.92. The van der Waals surface area contributed by atoms with Crippen LogP contribution in [0.3, 0.4) is 0 Å². The Labute approximate surface area is 86.4 Å². The van der Waals surface area contributed by atoms with Gasteiger partial charge in [0.25, 0.3) is 0 Å². The maximum absolute atomic E-state index is 12.7. The first-order valence-corrected chi connectivity index (χ1v) is 6.07. The number of rotatable bonds is 2. The molecule has 0 bridgehead atoms. The van der Waals surface area contributed by atoms with E-state index in [2.05, 4.69) is 4.98 Å². The van der Waals surface area contributed by atoms with E-state index < -0.39 is 10.7 Å². The third-order valence-electron chi connectivity index (χ3n) is 2.00. The van der Waals surface area contributed by atoms with Crippen molar-refractivity contribution in [2.75, 3.05) is 0 Å². The number of hydrogen-bond donors (Lipinski definition) is 2. The van der Waals surface area contributed by atoms with Gasteiger partial charge in [-0.15, -0.1) is 0 Å². The predicted molar refractivity (Wildman–Crippen MR) is 53.5 cm³/mol. The molecule has 2 heterocycles. The summed E-state index contributed by atoms with van der Waals surface area (Å²) in [4.78, 5) is 3.10. The molecular formula is C8H8FNO2S2. The fourth-order valence-electron chi connectivity index (χ4n) is 1.31. The number of thioether (sulfide) groups is 1. The maximum atomic E-state index is 12.7. The summed E-state index contributed by atoms with van der Waals surface area (Å²) in [5.74, 6) is 0. The van der Waals surface area contributed by atoms with Gasteiger partial charge in [0.1, 0.15) is 0 Å². The second-order valence-corrected chi connectivity index (χ2v) is 5.15. The fourth-order valence-corrected chi connectivity index (χ4v) is 2.65. The van der Waals surface area contributed by atoms with Gasteiger partial charge in [0.05, 0.1) is 10.1 Å². The number of hydrogen-bond acceptors (Lipinski definition) is 3. The molecule has 0 amide bonds. The zero-order valence-electron chi connectivity index (χ0n) is 7.07. The highest BCUT2D eigenvalue weighted by molar-refractivity contribution is 8.03. The van der Waals surface area contributed by atoms with Crippen molar-refractivity contribution in [2.45, 2.75) is 16.6 Å². The molecule has 0 saturated heterocycles. The summed E-state index contributed by atoms with van der Waals surface area (Å²) in [5, 5.41) is -0.212. The van der Waals surface area contributed by atoms with E-state index in [-0.39, 0.29) is 15.3 Å². The number of aromatic amines is 1. The van der Waals surface area contributed by atoms with Crippen molar-refractivity contribution in [1.29, 1.82) is 0 Å². The standard InChI is InChI=1S/C8H8FNO2S2/c9-8-2-1-7(13-8)6-3-5(4-10-6)14(11)12/h2-4,7,10,14H,1H2. The van der Waals surface area contributed by atoms with E-state index in [0.29, 0.717) is 6.42 Å². The Hall–Kier alpha value is -0.750. The molecule has 1 aliphatic heterocycles. The molecule has 2 rings (SSSR count). The minimum atomic E-state index is -2.55. The molecule has 14 heavy (non-hydrogen) atoms. The maximum Gasteiger partial charge on any atom is 0.169 e. The number of halogens is 1. The van der Waals surface area contributed by atoms with Crippen LogP contribution in [-0.2, 0) is 10.7 Å². The Morgan fingerprint density at radius 3 is 2.86 bits per heavy atom. The molecule has 6 heteroatoms. The van der Waals surface area contributed by atoms with E-state index in [9.17, 15) is 12.8 Å². The van der Waals surface area contributed by atoms with Crippen molar-refractivity contribution in [3.8, 4) is 0 Å². The molecule has 3 nitrogen and oxygen atoms in total. The van der Waals surface area contributed by atoms with Gasteiger partial charge in [0.2, 0.25) is 0 Å². The lowest BCUT2D eigenvalue weighted by atomic mass is 10.2. The Balaban J connectivity index is 2.18. The smallest absolute Gasteiger partial charge is 0.169 e. The second kappa shape index (κ2) is 3.78. The minimum Gasteiger partial charge on any atom is -0.363 e. The molecule has 1 atom stereocenters. The van der Waals surface area contributed by atoms with Gasteiger partial charge in [0, 0.05) is 11.9 Å². The molecule has 1 aromatic rings. The third kappa shape index (κ3) is 1.85. The number of thiol groups is 1. The average Bonchev–Trinajstić information content (AvgIpc) is 2.70. The van der Waals surface area contributed by atoms with Gasteiger partial charge in [0.15, 0.2) is 15.9 Å². The molecule has 0 aromatic carbocycles. The van der Waals surface area contributed by atoms with Crippen LogP contribution in [0.15, 0.2) is 28.4 Å². The highest BCUT2D eigenvalue weighted by Crippen LogP contribution is 2.43. The predicted octanol–water partition coefficient (Wildman–Crippen LogP) is 1.97. The molecule has 0 saturated carbocycles. The van der Waals surface area contributed by atoms with E-state index >= 15 is 0 Å². The molecule has 1 aliphatic rings. The monoisotopic (exact) mass is 233 g/mol. The lowest BCUT2D eigenvalue weighted by Crippen LogP contribution is -1.87. The molecular weight excluding hydrogens is 225 g/mol. The van der Waals surface area contributed by atoms with Gasteiger partial charge in [-0.3, -0.25) is 0 Å². The SMILES string of the molecule is O=[SH](=O)c1c[nH]c(C2CC=C(F)S2)c1. The van der Waals surface area contributed by atoms with Crippen LogP contribution in [0.2, 0.25) is 0 Å². The zero-order chi connectivity index (χ0) is 10.1. The average molecular weight is 233 g/mol. The Kier molecular flexibility index (Phi) is 2.64. The summed E-state index contributed by atoms with van der Waals surface area (Å²) in [6.45, 7) is 0. The van der Waals surface area contributed by atoms with Crippen LogP contribution in [0.5, 0.6) is 0 Å². The van der Waals surface area contributed by atoms with E-state index in [1.165, 1.54) is 12.3 Å². The van der Waals surface area contributed by atoms with Crippen LogP contribution >= 0.6 is 11.8 Å². The van der Waals surface area contributed by atoms with Gasteiger partial charge >= 0.3 is 0 Å². The highest BCUT2D eigenvalue weighted by Gasteiger charge is 2.21. The number of H-pyrrole nitrogens is 1. The lowest BCUT2D eigenvalue weighted by Gasteiger charge is -2.03. The molecule has 0 aliphatic carbocycles. The molecule has 0 radical (unpaired) electrons. The summed E-state index contributed by atoms with van der Waals surface area (Å²) < 4.78 is 33.9. The Morgan fingerprint density at radius 1 is 1.57 bits per heavy atom. The third-order valence-corrected chi connectivity index (χ3v) is 3.80. The number of aromatic nitrogens is 1. The van der Waals surface area contributed by atoms with Gasteiger partial charge in [-0.2, -0.15) is 4.39 Å². The fraction of sp³-hybridized carbons (Fsp3) is 0.250. The summed E-state index contributed by atoms with van der Waals surface area (Å²) in [6, 6.07) is 1.55. The van der Waals surface area contributed by atoms with Crippen molar-refractivity contribution in [1.82, 2.24) is 4.98 Å². The summed E-state index contributed by atoms with van der Waals surface area (Å²) in [6.07, 6.45) is 3.54. The Bertz CT molecular complexity index is 442. The van der Waals surface area contributed by atoms with Crippen LogP contribution in [0.4, 0.5) is 4.39 Å². The first-order valence-electron chi connectivity index (χ1n) is 4.02. The van der Waals surface area contributed by atoms with Crippen molar-refractivity contribution >= 4 is 22.5 Å². The quantitative estimate of drug-likeness (QED) is 0.768. The zero-order valence-corrected chi connectivity index (χ0v) is 8.78. The van der Waals surface area contributed by atoms with Crippen molar-refractivity contribution in [3.63, 3.8) is 0 Å². The minimum absolute atomic E-state index is 0.0151. The first-order chi connectivity index (χ1) is 6.66. The number of allylic oxidation sites excluding steroid dienone is 1. The number of nitrogens with one attached hydrogen (secondary N) is 1. The van der Waals surface area contributed by atoms with Crippen molar-refractivity contribution in [2.24, 2.45) is 0 Å². The van der Waals surface area contributed by atoms with Gasteiger partial charge in [-0.05, 0) is 18.6 Å². The van der Waals surface area contributed by atoms with E-state index in [4.69, 9.17) is 0 Å². The van der Waals surface area contributed by atoms with Gasteiger partial charge < -0.3 is 4.98 Å². The van der Waals surface area contributed by atoms with E-state index in [1.54, 1.807) is 6.07 Å². The first kappa shape index (κ1) is 9.79. The van der Waals surface area contributed by atoms with Crippen LogP contribution in [0.1, 0.15) is 17.4 Å². The molecule has 1 aromatic heterocycles. The van der Waals surface area contributed by atoms with Crippen molar-refractivity contribution in [3.05, 3.63) is 29.2 Å². The highest BCUT2D eigenvalue weighted by atomic mass is 32.2. The summed E-state index contributed by atoms with van der Waals surface area (Å²) >= 11 is 1.11. The molecule has 0 fully saturated rings.